The number of carbonyl (C=O) groups is 2. The molecule has 0 aromatic heterocycles. The minimum atomic E-state index is -0.995. The number of rotatable bonds is 3. The summed E-state index contributed by atoms with van der Waals surface area (Å²) in [5, 5.41) is 0.623. The molecule has 6 heteroatoms. The molecule has 0 fully saturated rings. The number of carbonyl (C=O) groups excluding carboxylic acids is 2. The quantitative estimate of drug-likeness (QED) is 0.847. The molecular formula is C10H9Cl2NO3. The Labute approximate surface area is 102 Å². The van der Waals surface area contributed by atoms with E-state index in [4.69, 9.17) is 33.7 Å². The second kappa shape index (κ2) is 5.18. The lowest BCUT2D eigenvalue weighted by Gasteiger charge is -2.09. The second-order valence-corrected chi connectivity index (χ2v) is 3.98. The Hall–Kier alpha value is -1.26. The third-order valence-electron chi connectivity index (χ3n) is 1.78. The number of nitrogens with two attached hydrogens (primary N) is 1. The van der Waals surface area contributed by atoms with Gasteiger partial charge in [-0.2, -0.15) is 0 Å². The monoisotopic (exact) mass is 261 g/mol. The van der Waals surface area contributed by atoms with Gasteiger partial charge >= 0.3 is 5.97 Å². The van der Waals surface area contributed by atoms with Crippen molar-refractivity contribution < 1.29 is 14.3 Å². The first kappa shape index (κ1) is 12.8. The molecule has 1 unspecified atom stereocenters. The van der Waals surface area contributed by atoms with Gasteiger partial charge in [0.2, 0.25) is 0 Å². The second-order valence-electron chi connectivity index (χ2n) is 3.11. The highest BCUT2D eigenvalue weighted by atomic mass is 35.5. The molecule has 1 rings (SSSR count). The number of benzene rings is 1. The molecule has 0 saturated carbocycles. The first-order valence-electron chi connectivity index (χ1n) is 4.36. The van der Waals surface area contributed by atoms with Gasteiger partial charge < -0.3 is 10.5 Å². The molecule has 2 N–H and O–H groups in total. The van der Waals surface area contributed by atoms with Crippen LogP contribution in [-0.4, -0.2) is 18.0 Å². The van der Waals surface area contributed by atoms with Gasteiger partial charge in [-0.25, -0.2) is 4.79 Å². The molecule has 1 aromatic rings. The van der Waals surface area contributed by atoms with Gasteiger partial charge in [0.25, 0.3) is 5.91 Å². The molecule has 1 atom stereocenters. The fourth-order valence-corrected chi connectivity index (χ4v) is 1.48. The molecule has 86 valence electrons. The third kappa shape index (κ3) is 3.40. The van der Waals surface area contributed by atoms with Crippen molar-refractivity contribution >= 4 is 35.1 Å². The highest BCUT2D eigenvalue weighted by molar-refractivity contribution is 6.35. The molecule has 0 aliphatic heterocycles. The summed E-state index contributed by atoms with van der Waals surface area (Å²) >= 11 is 11.4. The van der Waals surface area contributed by atoms with E-state index in [0.717, 1.165) is 0 Å². The maximum Gasteiger partial charge on any atom is 0.339 e. The Morgan fingerprint density at radius 1 is 1.25 bits per heavy atom. The Kier molecular flexibility index (Phi) is 4.15. The SMILES string of the molecule is CC(OC(=O)c1cc(Cl)cc(Cl)c1)C(N)=O. The summed E-state index contributed by atoms with van der Waals surface area (Å²) in [4.78, 5) is 22.2. The van der Waals surface area contributed by atoms with Crippen molar-refractivity contribution in [3.8, 4) is 0 Å². The molecule has 0 aliphatic rings. The van der Waals surface area contributed by atoms with E-state index in [-0.39, 0.29) is 5.56 Å². The van der Waals surface area contributed by atoms with Crippen LogP contribution in [0.1, 0.15) is 17.3 Å². The summed E-state index contributed by atoms with van der Waals surface area (Å²) in [6.45, 7) is 1.38. The number of esters is 1. The number of hydrogen-bond acceptors (Lipinski definition) is 3. The van der Waals surface area contributed by atoms with E-state index in [0.29, 0.717) is 10.0 Å². The highest BCUT2D eigenvalue weighted by Gasteiger charge is 2.16. The summed E-state index contributed by atoms with van der Waals surface area (Å²) in [5.41, 5.74) is 5.13. The molecule has 0 saturated heterocycles. The predicted octanol–water partition coefficient (Wildman–Crippen LogP) is 2.02. The number of primary amides is 1. The first-order valence-corrected chi connectivity index (χ1v) is 5.12. The van der Waals surface area contributed by atoms with Crippen LogP contribution in [0.2, 0.25) is 10.0 Å². The molecule has 1 aromatic carbocycles. The van der Waals surface area contributed by atoms with Crippen molar-refractivity contribution in [3.05, 3.63) is 33.8 Å². The zero-order valence-electron chi connectivity index (χ0n) is 8.37. The Morgan fingerprint density at radius 3 is 2.19 bits per heavy atom. The van der Waals surface area contributed by atoms with Crippen molar-refractivity contribution in [2.24, 2.45) is 5.73 Å². The lowest BCUT2D eigenvalue weighted by Crippen LogP contribution is -2.30. The highest BCUT2D eigenvalue weighted by Crippen LogP contribution is 2.19. The van der Waals surface area contributed by atoms with Crippen LogP contribution in [-0.2, 0) is 9.53 Å². The zero-order valence-corrected chi connectivity index (χ0v) is 9.88. The van der Waals surface area contributed by atoms with Crippen molar-refractivity contribution in [1.82, 2.24) is 0 Å². The molecule has 0 bridgehead atoms. The average Bonchev–Trinajstić information content (AvgIpc) is 2.15. The smallest absolute Gasteiger partial charge is 0.339 e. The Balaban J connectivity index is 2.84. The molecule has 0 radical (unpaired) electrons. The van der Waals surface area contributed by atoms with Crippen LogP contribution < -0.4 is 5.73 Å². The molecule has 16 heavy (non-hydrogen) atoms. The van der Waals surface area contributed by atoms with Gasteiger partial charge in [0.15, 0.2) is 6.10 Å². The number of ether oxygens (including phenoxy) is 1. The van der Waals surface area contributed by atoms with Crippen molar-refractivity contribution in [1.29, 1.82) is 0 Å². The maximum absolute atomic E-state index is 11.5. The lowest BCUT2D eigenvalue weighted by atomic mass is 10.2. The average molecular weight is 262 g/mol. The molecule has 0 heterocycles. The first-order chi connectivity index (χ1) is 7.40. The third-order valence-corrected chi connectivity index (χ3v) is 2.22. The Morgan fingerprint density at radius 2 is 1.75 bits per heavy atom. The van der Waals surface area contributed by atoms with Gasteiger partial charge in [-0.1, -0.05) is 23.2 Å². The van der Waals surface area contributed by atoms with Gasteiger partial charge in [-0.15, -0.1) is 0 Å². The number of amides is 1. The molecule has 0 aliphatic carbocycles. The molecule has 0 spiro atoms. The van der Waals surface area contributed by atoms with Crippen molar-refractivity contribution in [2.45, 2.75) is 13.0 Å². The van der Waals surface area contributed by atoms with E-state index in [1.54, 1.807) is 0 Å². The van der Waals surface area contributed by atoms with Crippen LogP contribution in [0.5, 0.6) is 0 Å². The van der Waals surface area contributed by atoms with E-state index in [2.05, 4.69) is 0 Å². The summed E-state index contributed by atoms with van der Waals surface area (Å²) in [6.07, 6.45) is -0.995. The topological polar surface area (TPSA) is 69.4 Å². The van der Waals surface area contributed by atoms with Crippen LogP contribution >= 0.6 is 23.2 Å². The van der Waals surface area contributed by atoms with E-state index in [1.807, 2.05) is 0 Å². The zero-order chi connectivity index (χ0) is 12.3. The normalized spacial score (nSPS) is 11.9. The standard InChI is InChI=1S/C10H9Cl2NO3/c1-5(9(13)14)16-10(15)6-2-7(11)4-8(12)3-6/h2-5H,1H3,(H2,13,14). The van der Waals surface area contributed by atoms with Crippen LogP contribution in [0.4, 0.5) is 0 Å². The van der Waals surface area contributed by atoms with Crippen molar-refractivity contribution in [2.75, 3.05) is 0 Å². The lowest BCUT2D eigenvalue weighted by molar-refractivity contribution is -0.125. The van der Waals surface area contributed by atoms with Gasteiger partial charge in [0, 0.05) is 10.0 Å². The molecular weight excluding hydrogens is 253 g/mol. The summed E-state index contributed by atoms with van der Waals surface area (Å²) in [6, 6.07) is 4.27. The fraction of sp³-hybridized carbons (Fsp3) is 0.200. The Bertz CT molecular complexity index is 414. The van der Waals surface area contributed by atoms with Gasteiger partial charge in [0.1, 0.15) is 0 Å². The minimum absolute atomic E-state index is 0.172. The number of hydrogen-bond donors (Lipinski definition) is 1. The van der Waals surface area contributed by atoms with Gasteiger partial charge in [-0.05, 0) is 25.1 Å². The van der Waals surface area contributed by atoms with Crippen molar-refractivity contribution in [3.63, 3.8) is 0 Å². The summed E-state index contributed by atoms with van der Waals surface area (Å²) in [5.74, 6) is -1.42. The largest absolute Gasteiger partial charge is 0.449 e. The van der Waals surface area contributed by atoms with Crippen LogP contribution in [0.15, 0.2) is 18.2 Å². The maximum atomic E-state index is 11.5. The summed E-state index contributed by atoms with van der Waals surface area (Å²) in [7, 11) is 0. The predicted molar refractivity (Wildman–Crippen MR) is 60.5 cm³/mol. The van der Waals surface area contributed by atoms with Gasteiger partial charge in [-0.3, -0.25) is 4.79 Å². The van der Waals surface area contributed by atoms with Crippen LogP contribution in [0.3, 0.4) is 0 Å². The molecule has 1 amide bonds. The number of halogens is 2. The van der Waals surface area contributed by atoms with Crippen LogP contribution in [0, 0.1) is 0 Å². The fourth-order valence-electron chi connectivity index (χ4n) is 0.958. The van der Waals surface area contributed by atoms with E-state index >= 15 is 0 Å². The minimum Gasteiger partial charge on any atom is -0.449 e. The summed E-state index contributed by atoms with van der Waals surface area (Å²) < 4.78 is 4.78. The molecule has 4 nitrogen and oxygen atoms in total. The van der Waals surface area contributed by atoms with Gasteiger partial charge in [0.05, 0.1) is 5.56 Å². The van der Waals surface area contributed by atoms with E-state index in [1.165, 1.54) is 25.1 Å². The van der Waals surface area contributed by atoms with Crippen LogP contribution in [0.25, 0.3) is 0 Å². The van der Waals surface area contributed by atoms with E-state index in [9.17, 15) is 9.59 Å². The van der Waals surface area contributed by atoms with E-state index < -0.39 is 18.0 Å².